The van der Waals surface area contributed by atoms with Crippen molar-refractivity contribution < 1.29 is 138 Å². The largest absolute Gasteiger partial charge is 0.864 e. The van der Waals surface area contributed by atoms with Gasteiger partial charge in [-0.2, -0.15) is 124 Å². The van der Waals surface area contributed by atoms with Gasteiger partial charge in [-0.3, -0.25) is 0 Å². The summed E-state index contributed by atoms with van der Waals surface area (Å²) in [6.45, 7) is 9.86. The fourth-order valence-corrected chi connectivity index (χ4v) is 9.02. The van der Waals surface area contributed by atoms with E-state index in [4.69, 9.17) is 28.2 Å². The van der Waals surface area contributed by atoms with E-state index >= 15 is 13.2 Å². The number of nitrogens with zero attached hydrogens (tertiary/aromatic N) is 1. The van der Waals surface area contributed by atoms with Crippen molar-refractivity contribution in [3.8, 4) is 17.2 Å². The summed E-state index contributed by atoms with van der Waals surface area (Å²) in [5, 5.41) is 0. The molecule has 0 heterocycles. The Kier molecular flexibility index (Phi) is 26.0. The van der Waals surface area contributed by atoms with Crippen LogP contribution in [0, 0.1) is 6.07 Å². The number of halogens is 24. The zero-order valence-electron chi connectivity index (χ0n) is 47.2. The van der Waals surface area contributed by atoms with Crippen molar-refractivity contribution >= 4 is 7.32 Å². The van der Waals surface area contributed by atoms with Gasteiger partial charge in [0.25, 0.3) is 0 Å². The Balaban J connectivity index is 0.00000123. The Morgan fingerprint density at radius 1 is 0.402 bits per heavy atom. The van der Waals surface area contributed by atoms with Gasteiger partial charge in [0.2, 0.25) is 5.72 Å². The molecule has 0 saturated carbocycles. The molecule has 32 heteroatoms. The third-order valence-corrected chi connectivity index (χ3v) is 13.1. The van der Waals surface area contributed by atoms with Gasteiger partial charge in [-0.15, -0.1) is 6.07 Å². The average Bonchev–Trinajstić information content (AvgIpc) is 0.734. The van der Waals surface area contributed by atoms with Crippen molar-refractivity contribution in [2.45, 2.75) is 174 Å². The molecule has 0 bridgehead atoms. The zero-order valence-corrected chi connectivity index (χ0v) is 47.2. The van der Waals surface area contributed by atoms with E-state index in [1.54, 1.807) is 19.9 Å². The van der Waals surface area contributed by atoms with Crippen molar-refractivity contribution in [3.05, 3.63) is 123 Å². The molecule has 0 saturated heterocycles. The molecule has 0 fully saturated rings. The molecule has 0 aromatic heterocycles. The van der Waals surface area contributed by atoms with Crippen LogP contribution in [0.25, 0.3) is 0 Å². The highest BCUT2D eigenvalue weighted by Gasteiger charge is 2.62. The monoisotopic (exact) mass is 1300 g/mol. The van der Waals surface area contributed by atoms with E-state index in [2.05, 4.69) is 0 Å². The van der Waals surface area contributed by atoms with Crippen LogP contribution in [0.1, 0.15) is 156 Å². The van der Waals surface area contributed by atoms with Crippen molar-refractivity contribution in [1.29, 1.82) is 0 Å². The lowest BCUT2D eigenvalue weighted by Gasteiger charge is -2.56. The van der Waals surface area contributed by atoms with Crippen LogP contribution in [0.2, 0.25) is 0 Å². The third-order valence-electron chi connectivity index (χ3n) is 13.1. The molecule has 87 heavy (non-hydrogen) atoms. The van der Waals surface area contributed by atoms with Crippen LogP contribution >= 0.6 is 0 Å². The maximum atomic E-state index is 15.9. The molecule has 0 radical (unpaired) electrons. The SMILES string of the molecule is CCCCCCCC[N+](C(C)OCCC)(C(C)OCCC)C(C)(OCCC)c1c(OB(Oc2cc(C(F)(F)F)cc(C(F)(F)F)c2)Oc2cc(C(F)(F)F)cc(C(F)(F)F)c2)cc(C(F)(F)F)cc1C(F)(F)F.FC(F)(F)c1c[c-]cc(C(F)(F)F)c1. The Morgan fingerprint density at radius 3 is 1.09 bits per heavy atom. The standard InChI is InChI=1S/C47H57BF18NO6.C8H3F6/c1-8-12-13-14-15-16-17-67(29(5)68-18-9-2,30(6)69-19-10-3)41(7,70-20-11-4)40-38(47(64,65)66)27-35(46(61,62)63)28-39(40)73-48(71-36-23-31(42(49,50)51)21-32(24-36)43(52,53)54)72-37-25-33(44(55,56)57)22-34(26-37)45(58,59)60;9-7(10,11)5-2-1-3-6(4-5)8(12,13)14/h21-30H,8-20H2,1-7H3;2-4H/q+1;-1. The molecule has 3 unspecified atom stereocenters. The predicted octanol–water partition coefficient (Wildman–Crippen LogP) is 20.2. The lowest BCUT2D eigenvalue weighted by Crippen LogP contribution is -2.72. The molecule has 0 aliphatic carbocycles. The molecule has 4 aromatic rings. The minimum atomic E-state index is -5.86. The molecule has 0 aliphatic heterocycles. The summed E-state index contributed by atoms with van der Waals surface area (Å²) in [6, 6.07) is 0.831. The van der Waals surface area contributed by atoms with E-state index in [-0.39, 0.29) is 75.1 Å². The topological polar surface area (TPSA) is 55.4 Å². The van der Waals surface area contributed by atoms with E-state index in [0.29, 0.717) is 37.8 Å². The van der Waals surface area contributed by atoms with Crippen LogP contribution < -0.4 is 14.0 Å². The molecule has 0 amide bonds. The predicted molar refractivity (Wildman–Crippen MR) is 266 cm³/mol. The smallest absolute Gasteiger partial charge is 0.490 e. The molecule has 3 atom stereocenters. The summed E-state index contributed by atoms with van der Waals surface area (Å²) in [6.07, 6.45) is -42.2. The fourth-order valence-electron chi connectivity index (χ4n) is 9.02. The third kappa shape index (κ3) is 21.1. The maximum Gasteiger partial charge on any atom is 0.864 e. The van der Waals surface area contributed by atoms with Gasteiger partial charge in [0.15, 0.2) is 12.5 Å². The molecule has 7 nitrogen and oxygen atoms in total. The van der Waals surface area contributed by atoms with Crippen LogP contribution in [-0.4, -0.2) is 50.6 Å². The first-order valence-corrected chi connectivity index (χ1v) is 26.5. The second-order valence-electron chi connectivity index (χ2n) is 19.7. The summed E-state index contributed by atoms with van der Waals surface area (Å²) in [5.41, 5.74) is -19.7. The number of benzene rings is 4. The first-order valence-electron chi connectivity index (χ1n) is 26.5. The fraction of sp³-hybridized carbons (Fsp3) is 0.564. The minimum absolute atomic E-state index is 0.00218. The van der Waals surface area contributed by atoms with Crippen molar-refractivity contribution in [2.75, 3.05) is 26.4 Å². The van der Waals surface area contributed by atoms with Gasteiger partial charge in [0.05, 0.1) is 65.3 Å². The van der Waals surface area contributed by atoms with Gasteiger partial charge in [0, 0.05) is 20.8 Å². The summed E-state index contributed by atoms with van der Waals surface area (Å²) in [5.74, 6) is -4.94. The second kappa shape index (κ2) is 29.9. The molecule has 492 valence electrons. The van der Waals surface area contributed by atoms with E-state index in [0.717, 1.165) is 26.2 Å². The van der Waals surface area contributed by atoms with Crippen LogP contribution in [0.5, 0.6) is 17.2 Å². The number of hydrogen-bond acceptors (Lipinski definition) is 6. The molecule has 0 N–H and O–H groups in total. The Morgan fingerprint density at radius 2 is 0.747 bits per heavy atom. The van der Waals surface area contributed by atoms with Crippen LogP contribution in [-0.2, 0) is 69.3 Å². The van der Waals surface area contributed by atoms with Crippen LogP contribution in [0.15, 0.2) is 66.7 Å². The molecule has 0 aliphatic rings. The van der Waals surface area contributed by atoms with Crippen molar-refractivity contribution in [3.63, 3.8) is 0 Å². The van der Waals surface area contributed by atoms with Gasteiger partial charge >= 0.3 is 56.7 Å². The van der Waals surface area contributed by atoms with E-state index in [1.807, 2.05) is 6.92 Å². The van der Waals surface area contributed by atoms with E-state index in [1.165, 1.54) is 20.8 Å². The normalized spacial score (nSPS) is 15.2. The Bertz CT molecular complexity index is 2600. The second-order valence-corrected chi connectivity index (χ2v) is 19.7. The number of alkyl halides is 24. The Labute approximate surface area is 484 Å². The molecule has 4 rings (SSSR count). The van der Waals surface area contributed by atoms with Gasteiger partial charge < -0.3 is 28.2 Å². The number of rotatable bonds is 26. The van der Waals surface area contributed by atoms with Gasteiger partial charge in [-0.25, -0.2) is 4.48 Å². The molecule has 0 spiro atoms. The van der Waals surface area contributed by atoms with Gasteiger partial charge in [0.1, 0.15) is 17.2 Å². The lowest BCUT2D eigenvalue weighted by molar-refractivity contribution is -1.07. The van der Waals surface area contributed by atoms with Crippen molar-refractivity contribution in [1.82, 2.24) is 0 Å². The van der Waals surface area contributed by atoms with E-state index in [9.17, 15) is 92.2 Å². The van der Waals surface area contributed by atoms with Crippen LogP contribution in [0.4, 0.5) is 105 Å². The van der Waals surface area contributed by atoms with Crippen LogP contribution in [0.3, 0.4) is 0 Å². The average molecular weight is 1300 g/mol. The number of ether oxygens (including phenoxy) is 3. The highest BCUT2D eigenvalue weighted by Crippen LogP contribution is 2.53. The lowest BCUT2D eigenvalue weighted by atomic mass is 9.89. The molecule has 4 aromatic carbocycles. The first kappa shape index (κ1) is 75.8. The summed E-state index contributed by atoms with van der Waals surface area (Å²) in [4.78, 5) is 0. The molecular formula is C55H60BF24NO6. The first-order chi connectivity index (χ1) is 39.7. The van der Waals surface area contributed by atoms with Crippen molar-refractivity contribution in [2.24, 2.45) is 0 Å². The van der Waals surface area contributed by atoms with E-state index < -0.39 is 165 Å². The van der Waals surface area contributed by atoms with Gasteiger partial charge in [-0.05, 0) is 80.6 Å². The summed E-state index contributed by atoms with van der Waals surface area (Å²) in [7, 11) is -3.42. The maximum absolute atomic E-state index is 15.9. The number of unbranched alkanes of at least 4 members (excludes halogenated alkanes) is 5. The minimum Gasteiger partial charge on any atom is -0.490 e. The zero-order chi connectivity index (χ0) is 66.6. The summed E-state index contributed by atoms with van der Waals surface area (Å²) < 4.78 is 367. The highest BCUT2D eigenvalue weighted by molar-refractivity contribution is 6.39. The quantitative estimate of drug-likeness (QED) is 0.0156. The highest BCUT2D eigenvalue weighted by atomic mass is 19.4. The summed E-state index contributed by atoms with van der Waals surface area (Å²) >= 11 is 0. The Hall–Kier alpha value is -5.50. The van der Waals surface area contributed by atoms with Gasteiger partial charge in [-0.1, -0.05) is 64.5 Å². The molecular weight excluding hydrogens is 1240 g/mol. The number of hydrogen-bond donors (Lipinski definition) is 0. The number of quaternary nitrogens is 1.